The molecule has 4 aromatic rings. The molecule has 2 aliphatic rings. The van der Waals surface area contributed by atoms with Crippen LogP contribution in [0.15, 0.2) is 88.8 Å². The number of halogens is 1. The van der Waals surface area contributed by atoms with Crippen molar-refractivity contribution >= 4 is 28.3 Å². The molecule has 178 valence electrons. The van der Waals surface area contributed by atoms with Gasteiger partial charge in [0.25, 0.3) is 0 Å². The summed E-state index contributed by atoms with van der Waals surface area (Å²) < 4.78 is 1.90. The summed E-state index contributed by atoms with van der Waals surface area (Å²) in [4.78, 5) is 24.3. The number of H-pyrrole nitrogens is 1. The van der Waals surface area contributed by atoms with Crippen molar-refractivity contribution in [3.8, 4) is 0 Å². The van der Waals surface area contributed by atoms with Gasteiger partial charge in [0.15, 0.2) is 5.60 Å². The summed E-state index contributed by atoms with van der Waals surface area (Å²) in [6.45, 7) is 2.58. The van der Waals surface area contributed by atoms with E-state index in [9.17, 15) is 4.79 Å². The Morgan fingerprint density at radius 2 is 1.63 bits per heavy atom. The highest BCUT2D eigenvalue weighted by Gasteiger charge is 2.43. The van der Waals surface area contributed by atoms with Gasteiger partial charge in [0.05, 0.1) is 16.7 Å². The summed E-state index contributed by atoms with van der Waals surface area (Å²) in [5.74, 6) is 0. The second-order valence-electron chi connectivity index (χ2n) is 9.45. The van der Waals surface area contributed by atoms with E-state index < -0.39 is 5.60 Å². The third-order valence-electron chi connectivity index (χ3n) is 7.27. The molecule has 0 spiro atoms. The first-order chi connectivity index (χ1) is 17.1. The molecule has 6 rings (SSSR count). The second kappa shape index (κ2) is 9.02. The lowest BCUT2D eigenvalue weighted by Gasteiger charge is -2.32. The van der Waals surface area contributed by atoms with E-state index in [1.807, 2.05) is 59.2 Å². The van der Waals surface area contributed by atoms with Crippen molar-refractivity contribution in [1.29, 1.82) is 0 Å². The number of fused-ring (bicyclic) bond motifs is 1. The van der Waals surface area contributed by atoms with E-state index in [1.165, 1.54) is 0 Å². The van der Waals surface area contributed by atoms with Crippen molar-refractivity contribution in [3.05, 3.63) is 105 Å². The number of hydrogen-bond acceptors (Lipinski definition) is 4. The molecular formula is C28H27ClN4O2. The number of nitrogens with one attached hydrogen (secondary N) is 1. The normalized spacial score (nSPS) is 18.5. The molecule has 0 saturated carbocycles. The van der Waals surface area contributed by atoms with Crippen LogP contribution in [-0.2, 0) is 10.4 Å². The van der Waals surface area contributed by atoms with Crippen LogP contribution in [0.1, 0.15) is 36.4 Å². The molecule has 7 heteroatoms. The van der Waals surface area contributed by atoms with Gasteiger partial charge in [-0.15, -0.1) is 0 Å². The first-order valence-electron chi connectivity index (χ1n) is 12.1. The van der Waals surface area contributed by atoms with Gasteiger partial charge in [-0.25, -0.2) is 4.79 Å². The number of aromatic amines is 1. The summed E-state index contributed by atoms with van der Waals surface area (Å²) in [5, 5.41) is 5.20. The zero-order valence-corrected chi connectivity index (χ0v) is 20.1. The molecule has 2 aliphatic heterocycles. The molecule has 3 aromatic carbocycles. The number of benzene rings is 3. The van der Waals surface area contributed by atoms with Gasteiger partial charge < -0.3 is 9.82 Å². The van der Waals surface area contributed by atoms with Crippen LogP contribution in [-0.4, -0.2) is 39.8 Å². The molecule has 35 heavy (non-hydrogen) atoms. The van der Waals surface area contributed by atoms with Crippen LogP contribution in [0.25, 0.3) is 11.0 Å². The molecule has 0 bridgehead atoms. The summed E-state index contributed by atoms with van der Waals surface area (Å²) in [7, 11) is 0. The smallest absolute Gasteiger partial charge is 0.326 e. The van der Waals surface area contributed by atoms with Gasteiger partial charge in [0, 0.05) is 48.2 Å². The minimum atomic E-state index is -0.588. The number of nitrogens with zero attached hydrogens (tertiary/aromatic N) is 3. The molecule has 1 N–H and O–H groups in total. The topological polar surface area (TPSA) is 62.6 Å². The molecule has 0 atom stereocenters. The number of imidazole rings is 1. The average Bonchev–Trinajstić information content (AvgIpc) is 3.46. The number of likely N-dealkylation sites (tertiary alicyclic amines) is 1. The van der Waals surface area contributed by atoms with E-state index in [4.69, 9.17) is 16.4 Å². The average molecular weight is 487 g/mol. The molecule has 1 fully saturated rings. The third kappa shape index (κ3) is 4.07. The fourth-order valence-corrected chi connectivity index (χ4v) is 5.70. The molecule has 0 unspecified atom stereocenters. The maximum Gasteiger partial charge on any atom is 0.326 e. The standard InChI is InChI=1S/C28H27ClN4O2/c29-22-11-12-26-25(17-22)30-27(34)33(26)24-13-15-32(16-14-24)19-23-18-28(35-31-23,20-7-3-1-4-8-20)21-9-5-2-6-10-21/h1-12,17,24H,13-16,18-19H2,(H,30,34). The Bertz CT molecular complexity index is 1380. The largest absolute Gasteiger partial charge is 0.379 e. The highest BCUT2D eigenvalue weighted by molar-refractivity contribution is 6.31. The highest BCUT2D eigenvalue weighted by Crippen LogP contribution is 2.41. The maximum atomic E-state index is 12.7. The Kier molecular flexibility index (Phi) is 5.71. The molecule has 0 amide bonds. The summed E-state index contributed by atoms with van der Waals surface area (Å²) in [6.07, 6.45) is 2.54. The van der Waals surface area contributed by atoms with Crippen molar-refractivity contribution in [2.75, 3.05) is 19.6 Å². The monoisotopic (exact) mass is 486 g/mol. The Morgan fingerprint density at radius 3 is 2.29 bits per heavy atom. The van der Waals surface area contributed by atoms with Crippen LogP contribution >= 0.6 is 11.6 Å². The van der Waals surface area contributed by atoms with Crippen LogP contribution in [0.2, 0.25) is 5.02 Å². The van der Waals surface area contributed by atoms with Crippen LogP contribution < -0.4 is 5.69 Å². The van der Waals surface area contributed by atoms with Gasteiger partial charge >= 0.3 is 5.69 Å². The van der Waals surface area contributed by atoms with Crippen LogP contribution in [0, 0.1) is 0 Å². The lowest BCUT2D eigenvalue weighted by Crippen LogP contribution is -2.40. The van der Waals surface area contributed by atoms with Gasteiger partial charge in [-0.05, 0) is 31.0 Å². The number of rotatable bonds is 5. The summed E-state index contributed by atoms with van der Waals surface area (Å²) in [6, 6.07) is 26.5. The molecule has 0 radical (unpaired) electrons. The summed E-state index contributed by atoms with van der Waals surface area (Å²) in [5.41, 5.74) is 4.33. The Morgan fingerprint density at radius 1 is 0.971 bits per heavy atom. The van der Waals surface area contributed by atoms with Gasteiger partial charge in [-0.2, -0.15) is 0 Å². The van der Waals surface area contributed by atoms with Crippen LogP contribution in [0.4, 0.5) is 0 Å². The van der Waals surface area contributed by atoms with Crippen LogP contribution in [0.3, 0.4) is 0 Å². The Hall–Kier alpha value is -3.35. The zero-order valence-electron chi connectivity index (χ0n) is 19.4. The van der Waals surface area contributed by atoms with Crippen molar-refractivity contribution in [1.82, 2.24) is 14.5 Å². The van der Waals surface area contributed by atoms with Crippen molar-refractivity contribution < 1.29 is 4.84 Å². The third-order valence-corrected chi connectivity index (χ3v) is 7.51. The Balaban J connectivity index is 1.16. The quantitative estimate of drug-likeness (QED) is 0.414. The minimum absolute atomic E-state index is 0.0650. The van der Waals surface area contributed by atoms with Gasteiger partial charge in [-0.1, -0.05) is 77.4 Å². The van der Waals surface area contributed by atoms with E-state index in [-0.39, 0.29) is 11.7 Å². The molecular weight excluding hydrogens is 460 g/mol. The maximum absolute atomic E-state index is 12.7. The van der Waals surface area contributed by atoms with Crippen molar-refractivity contribution in [2.24, 2.45) is 5.16 Å². The molecule has 0 aliphatic carbocycles. The fourth-order valence-electron chi connectivity index (χ4n) is 5.53. The SMILES string of the molecule is O=c1[nH]c2cc(Cl)ccc2n1C1CCN(CC2=NOC(c3ccccc3)(c3ccccc3)C2)CC1. The minimum Gasteiger partial charge on any atom is -0.379 e. The Labute approximate surface area is 208 Å². The summed E-state index contributed by atoms with van der Waals surface area (Å²) >= 11 is 6.11. The zero-order chi connectivity index (χ0) is 23.8. The van der Waals surface area contributed by atoms with Gasteiger partial charge in [0.2, 0.25) is 0 Å². The van der Waals surface area contributed by atoms with E-state index >= 15 is 0 Å². The van der Waals surface area contributed by atoms with Crippen molar-refractivity contribution in [3.63, 3.8) is 0 Å². The number of hydrogen-bond donors (Lipinski definition) is 1. The first-order valence-corrected chi connectivity index (χ1v) is 12.5. The van der Waals surface area contributed by atoms with Crippen molar-refractivity contribution in [2.45, 2.75) is 30.9 Å². The van der Waals surface area contributed by atoms with Gasteiger partial charge in [0.1, 0.15) is 0 Å². The van der Waals surface area contributed by atoms with E-state index in [1.54, 1.807) is 0 Å². The highest BCUT2D eigenvalue weighted by atomic mass is 35.5. The lowest BCUT2D eigenvalue weighted by molar-refractivity contribution is 0.0112. The predicted molar refractivity (Wildman–Crippen MR) is 139 cm³/mol. The van der Waals surface area contributed by atoms with E-state index in [0.29, 0.717) is 5.02 Å². The molecule has 1 saturated heterocycles. The van der Waals surface area contributed by atoms with Gasteiger partial charge in [-0.3, -0.25) is 9.47 Å². The molecule has 6 nitrogen and oxygen atoms in total. The number of aromatic nitrogens is 2. The number of piperidine rings is 1. The fraction of sp³-hybridized carbons (Fsp3) is 0.286. The lowest BCUT2D eigenvalue weighted by atomic mass is 9.82. The molecule has 3 heterocycles. The second-order valence-corrected chi connectivity index (χ2v) is 9.89. The van der Waals surface area contributed by atoms with E-state index in [0.717, 1.165) is 66.8 Å². The number of oxime groups is 1. The predicted octanol–water partition coefficient (Wildman–Crippen LogP) is 5.34. The van der Waals surface area contributed by atoms with E-state index in [2.05, 4.69) is 39.3 Å². The first kappa shape index (κ1) is 22.1. The van der Waals surface area contributed by atoms with Crippen LogP contribution in [0.5, 0.6) is 0 Å². The molecule has 1 aromatic heterocycles.